The number of esters is 1. The van der Waals surface area contributed by atoms with Gasteiger partial charge in [0.1, 0.15) is 24.2 Å². The Balaban J connectivity index is 1.48. The summed E-state index contributed by atoms with van der Waals surface area (Å²) in [5.41, 5.74) is 0.592. The smallest absolute Gasteiger partial charge is 0.345 e. The number of amides is 2. The van der Waals surface area contributed by atoms with E-state index in [4.69, 9.17) is 21.1 Å². The molecule has 0 atom stereocenters. The van der Waals surface area contributed by atoms with E-state index in [-0.39, 0.29) is 23.2 Å². The van der Waals surface area contributed by atoms with Gasteiger partial charge in [0.25, 0.3) is 11.8 Å². The number of carbonyl (C=O) groups excluding carboxylic acids is 3. The van der Waals surface area contributed by atoms with Crippen LogP contribution in [0.2, 0.25) is 5.02 Å². The first-order chi connectivity index (χ1) is 14.5. The van der Waals surface area contributed by atoms with Gasteiger partial charge in [-0.2, -0.15) is 5.10 Å². The van der Waals surface area contributed by atoms with Crippen molar-refractivity contribution >= 4 is 35.1 Å². The third-order valence-corrected chi connectivity index (χ3v) is 5.10. The molecule has 156 valence electrons. The molecular formula is C19H16ClFN4O5. The summed E-state index contributed by atoms with van der Waals surface area (Å²) >= 11 is 6.01. The lowest BCUT2D eigenvalue weighted by molar-refractivity contribution is -0.150. The number of imide groups is 1. The quantitative estimate of drug-likeness (QED) is 0.508. The Labute approximate surface area is 175 Å². The summed E-state index contributed by atoms with van der Waals surface area (Å²) < 4.78 is 26.1. The molecule has 0 spiro atoms. The number of anilines is 1. The van der Waals surface area contributed by atoms with E-state index in [1.807, 2.05) is 0 Å². The number of rotatable bonds is 6. The van der Waals surface area contributed by atoms with Crippen LogP contribution < -0.4 is 9.64 Å². The van der Waals surface area contributed by atoms with Gasteiger partial charge in [-0.05, 0) is 31.7 Å². The van der Waals surface area contributed by atoms with Gasteiger partial charge in [0.15, 0.2) is 13.3 Å². The summed E-state index contributed by atoms with van der Waals surface area (Å²) in [5.74, 6) is -2.69. The Morgan fingerprint density at radius 3 is 2.50 bits per heavy atom. The molecule has 11 heteroatoms. The van der Waals surface area contributed by atoms with Crippen molar-refractivity contribution in [1.82, 2.24) is 14.8 Å². The van der Waals surface area contributed by atoms with Gasteiger partial charge < -0.3 is 9.47 Å². The van der Waals surface area contributed by atoms with Crippen LogP contribution in [-0.4, -0.2) is 39.2 Å². The van der Waals surface area contributed by atoms with Crippen molar-refractivity contribution in [3.05, 3.63) is 46.8 Å². The van der Waals surface area contributed by atoms with Crippen LogP contribution >= 0.6 is 11.6 Å². The lowest BCUT2D eigenvalue weighted by Crippen LogP contribution is -2.32. The molecule has 2 aromatic rings. The van der Waals surface area contributed by atoms with Crippen molar-refractivity contribution in [2.45, 2.75) is 32.4 Å². The summed E-state index contributed by atoms with van der Waals surface area (Å²) in [5, 5.41) is 3.67. The highest BCUT2D eigenvalue weighted by Crippen LogP contribution is 2.39. The summed E-state index contributed by atoms with van der Waals surface area (Å²) in [6.45, 7) is -0.672. The van der Waals surface area contributed by atoms with Crippen LogP contribution in [0.1, 0.15) is 25.7 Å². The van der Waals surface area contributed by atoms with Gasteiger partial charge in [0.2, 0.25) is 0 Å². The zero-order chi connectivity index (χ0) is 21.3. The Hall–Kier alpha value is -3.27. The van der Waals surface area contributed by atoms with Gasteiger partial charge in [-0.15, -0.1) is 0 Å². The molecule has 0 saturated carbocycles. The average Bonchev–Trinajstić information content (AvgIpc) is 3.34. The van der Waals surface area contributed by atoms with Crippen molar-refractivity contribution in [3.8, 4) is 5.75 Å². The molecule has 0 bridgehead atoms. The molecule has 1 aliphatic heterocycles. The maximum absolute atomic E-state index is 14.6. The largest absolute Gasteiger partial charge is 0.480 e. The van der Waals surface area contributed by atoms with Crippen molar-refractivity contribution in [2.75, 3.05) is 11.5 Å². The molecule has 0 fully saturated rings. The number of carbonyl (C=O) groups is 3. The second-order valence-corrected chi connectivity index (χ2v) is 7.12. The minimum Gasteiger partial charge on any atom is -0.480 e. The fourth-order valence-electron chi connectivity index (χ4n) is 3.37. The van der Waals surface area contributed by atoms with Gasteiger partial charge in [-0.3, -0.25) is 9.59 Å². The van der Waals surface area contributed by atoms with Crippen LogP contribution in [0.25, 0.3) is 0 Å². The minimum absolute atomic E-state index is 0.0590. The van der Waals surface area contributed by atoms with Crippen molar-refractivity contribution in [2.24, 2.45) is 0 Å². The van der Waals surface area contributed by atoms with Crippen LogP contribution in [0, 0.1) is 5.82 Å². The minimum atomic E-state index is -0.845. The number of halogens is 2. The lowest BCUT2D eigenvalue weighted by atomic mass is 9.93. The van der Waals surface area contributed by atoms with E-state index in [1.165, 1.54) is 17.3 Å². The number of ether oxygens (including phenoxy) is 2. The maximum atomic E-state index is 14.6. The van der Waals surface area contributed by atoms with Gasteiger partial charge in [0.05, 0.1) is 10.7 Å². The first kappa shape index (κ1) is 20.0. The molecule has 4 rings (SSSR count). The van der Waals surface area contributed by atoms with Gasteiger partial charge >= 0.3 is 5.97 Å². The normalized spacial score (nSPS) is 16.1. The predicted molar refractivity (Wildman–Crippen MR) is 101 cm³/mol. The van der Waals surface area contributed by atoms with Gasteiger partial charge in [-0.1, -0.05) is 11.6 Å². The SMILES string of the molecule is O=C(COc1cc(N2C(=O)C3=C(CCCC3)C2=O)c(F)cc1Cl)OCn1cncn1. The molecule has 30 heavy (non-hydrogen) atoms. The van der Waals surface area contributed by atoms with E-state index >= 15 is 0 Å². The molecule has 0 radical (unpaired) electrons. The summed E-state index contributed by atoms with van der Waals surface area (Å²) in [6, 6.07) is 2.07. The Morgan fingerprint density at radius 2 is 1.87 bits per heavy atom. The number of benzene rings is 1. The third kappa shape index (κ3) is 3.78. The van der Waals surface area contributed by atoms with Crippen molar-refractivity contribution in [1.29, 1.82) is 0 Å². The molecule has 0 N–H and O–H groups in total. The number of hydrogen-bond acceptors (Lipinski definition) is 7. The summed E-state index contributed by atoms with van der Waals surface area (Å²) in [7, 11) is 0. The van der Waals surface area contributed by atoms with E-state index in [9.17, 15) is 18.8 Å². The summed E-state index contributed by atoms with van der Waals surface area (Å²) in [6.07, 6.45) is 5.26. The highest BCUT2D eigenvalue weighted by Gasteiger charge is 2.41. The van der Waals surface area contributed by atoms with E-state index in [0.29, 0.717) is 24.0 Å². The fourth-order valence-corrected chi connectivity index (χ4v) is 3.58. The Kier molecular flexibility index (Phi) is 5.49. The monoisotopic (exact) mass is 434 g/mol. The highest BCUT2D eigenvalue weighted by molar-refractivity contribution is 6.34. The third-order valence-electron chi connectivity index (χ3n) is 4.80. The van der Waals surface area contributed by atoms with E-state index in [0.717, 1.165) is 29.9 Å². The van der Waals surface area contributed by atoms with Crippen molar-refractivity contribution < 1.29 is 28.2 Å². The van der Waals surface area contributed by atoms with Crippen LogP contribution in [0.15, 0.2) is 35.9 Å². The predicted octanol–water partition coefficient (Wildman–Crippen LogP) is 2.39. The molecular weight excluding hydrogens is 419 g/mol. The molecule has 1 aliphatic carbocycles. The topological polar surface area (TPSA) is 104 Å². The first-order valence-electron chi connectivity index (χ1n) is 9.16. The Morgan fingerprint density at radius 1 is 1.17 bits per heavy atom. The zero-order valence-corrected chi connectivity index (χ0v) is 16.4. The molecule has 2 heterocycles. The fraction of sp³-hybridized carbons (Fsp3) is 0.316. The second kappa shape index (κ2) is 8.23. The van der Waals surface area contributed by atoms with Gasteiger partial charge in [-0.25, -0.2) is 23.8 Å². The maximum Gasteiger partial charge on any atom is 0.345 e. The molecule has 2 aliphatic rings. The first-order valence-corrected chi connectivity index (χ1v) is 9.54. The standard InChI is InChI=1S/C19H16ClFN4O5/c20-13-5-14(21)15(25-18(27)11-3-1-2-4-12(11)19(25)28)6-16(13)29-7-17(26)30-10-24-9-22-8-23-24/h5-6,8-9H,1-4,7,10H2. The van der Waals surface area contributed by atoms with E-state index < -0.39 is 30.2 Å². The molecule has 1 aromatic heterocycles. The van der Waals surface area contributed by atoms with E-state index in [1.54, 1.807) is 0 Å². The second-order valence-electron chi connectivity index (χ2n) is 6.71. The lowest BCUT2D eigenvalue weighted by Gasteiger charge is -2.18. The van der Waals surface area contributed by atoms with Crippen LogP contribution in [0.5, 0.6) is 5.75 Å². The molecule has 0 unspecified atom stereocenters. The average molecular weight is 435 g/mol. The zero-order valence-electron chi connectivity index (χ0n) is 15.6. The van der Waals surface area contributed by atoms with Crippen LogP contribution in [0.4, 0.5) is 10.1 Å². The van der Waals surface area contributed by atoms with Crippen LogP contribution in [-0.2, 0) is 25.9 Å². The van der Waals surface area contributed by atoms with Gasteiger partial charge in [0, 0.05) is 17.2 Å². The van der Waals surface area contributed by atoms with Crippen molar-refractivity contribution in [3.63, 3.8) is 0 Å². The number of hydrogen-bond donors (Lipinski definition) is 0. The molecule has 0 saturated heterocycles. The number of aromatic nitrogens is 3. The molecule has 9 nitrogen and oxygen atoms in total. The summed E-state index contributed by atoms with van der Waals surface area (Å²) in [4.78, 5) is 41.7. The Bertz CT molecular complexity index is 1030. The van der Waals surface area contributed by atoms with E-state index in [2.05, 4.69) is 10.1 Å². The number of nitrogens with zero attached hydrogens (tertiary/aromatic N) is 4. The molecule has 2 amide bonds. The molecule has 1 aromatic carbocycles. The highest BCUT2D eigenvalue weighted by atomic mass is 35.5. The van der Waals surface area contributed by atoms with Crippen LogP contribution in [0.3, 0.4) is 0 Å².